The van der Waals surface area contributed by atoms with E-state index in [-0.39, 0.29) is 16.0 Å². The molecular formula is C12H19ClN2O2S. The maximum atomic E-state index is 12.1. The Morgan fingerprint density at radius 2 is 2.06 bits per heavy atom. The fourth-order valence-corrected chi connectivity index (χ4v) is 3.26. The first kappa shape index (κ1) is 15.4. The number of hydrogen-bond acceptors (Lipinski definition) is 3. The number of rotatable bonds is 6. The third-order valence-electron chi connectivity index (χ3n) is 2.51. The van der Waals surface area contributed by atoms with Gasteiger partial charge in [0.1, 0.15) is 4.90 Å². The smallest absolute Gasteiger partial charge is 0.242 e. The van der Waals surface area contributed by atoms with Crippen LogP contribution in [-0.4, -0.2) is 27.5 Å². The SMILES string of the molecule is CCN[C@H](C)CNS(=O)(=O)c1cc(C)ccc1Cl. The number of hydrogen-bond donors (Lipinski definition) is 2. The van der Waals surface area contributed by atoms with Crippen molar-refractivity contribution in [3.63, 3.8) is 0 Å². The highest BCUT2D eigenvalue weighted by atomic mass is 35.5. The number of sulfonamides is 1. The molecule has 0 saturated heterocycles. The monoisotopic (exact) mass is 290 g/mol. The molecule has 0 saturated carbocycles. The Labute approximate surface area is 114 Å². The average molecular weight is 291 g/mol. The van der Waals surface area contributed by atoms with Crippen molar-refractivity contribution >= 4 is 21.6 Å². The molecule has 1 atom stereocenters. The Morgan fingerprint density at radius 1 is 1.39 bits per heavy atom. The van der Waals surface area contributed by atoms with Crippen LogP contribution < -0.4 is 10.0 Å². The van der Waals surface area contributed by atoms with Crippen LogP contribution in [0.1, 0.15) is 19.4 Å². The number of aryl methyl sites for hydroxylation is 1. The van der Waals surface area contributed by atoms with Gasteiger partial charge in [0, 0.05) is 12.6 Å². The van der Waals surface area contributed by atoms with E-state index in [1.165, 1.54) is 0 Å². The summed E-state index contributed by atoms with van der Waals surface area (Å²) in [5.74, 6) is 0. The highest BCUT2D eigenvalue weighted by Crippen LogP contribution is 2.22. The lowest BCUT2D eigenvalue weighted by Gasteiger charge is -2.14. The number of likely N-dealkylation sites (N-methyl/N-ethyl adjacent to an activating group) is 1. The Bertz CT molecular complexity index is 503. The zero-order valence-electron chi connectivity index (χ0n) is 10.8. The Balaban J connectivity index is 2.83. The van der Waals surface area contributed by atoms with Crippen LogP contribution in [0.5, 0.6) is 0 Å². The first-order valence-corrected chi connectivity index (χ1v) is 7.72. The van der Waals surface area contributed by atoms with Crippen LogP contribution in [0.15, 0.2) is 23.1 Å². The van der Waals surface area contributed by atoms with Crippen molar-refractivity contribution in [1.29, 1.82) is 0 Å². The van der Waals surface area contributed by atoms with E-state index in [4.69, 9.17) is 11.6 Å². The highest BCUT2D eigenvalue weighted by Gasteiger charge is 2.18. The van der Waals surface area contributed by atoms with Gasteiger partial charge in [0.05, 0.1) is 5.02 Å². The summed E-state index contributed by atoms with van der Waals surface area (Å²) in [6, 6.07) is 5.03. The summed E-state index contributed by atoms with van der Waals surface area (Å²) in [6.07, 6.45) is 0. The molecule has 0 unspecified atom stereocenters. The van der Waals surface area contributed by atoms with Gasteiger partial charge in [-0.3, -0.25) is 0 Å². The molecule has 0 heterocycles. The third kappa shape index (κ3) is 4.24. The van der Waals surface area contributed by atoms with Gasteiger partial charge in [-0.15, -0.1) is 0 Å². The first-order chi connectivity index (χ1) is 8.36. The molecule has 0 bridgehead atoms. The minimum Gasteiger partial charge on any atom is -0.313 e. The first-order valence-electron chi connectivity index (χ1n) is 5.86. The summed E-state index contributed by atoms with van der Waals surface area (Å²) in [6.45, 7) is 6.86. The van der Waals surface area contributed by atoms with E-state index in [1.807, 2.05) is 20.8 Å². The van der Waals surface area contributed by atoms with E-state index in [0.29, 0.717) is 6.54 Å². The van der Waals surface area contributed by atoms with Crippen LogP contribution in [0.25, 0.3) is 0 Å². The molecular weight excluding hydrogens is 272 g/mol. The second kappa shape index (κ2) is 6.52. The highest BCUT2D eigenvalue weighted by molar-refractivity contribution is 7.89. The van der Waals surface area contributed by atoms with E-state index in [9.17, 15) is 8.42 Å². The lowest BCUT2D eigenvalue weighted by atomic mass is 10.2. The van der Waals surface area contributed by atoms with E-state index in [1.54, 1.807) is 18.2 Å². The predicted octanol–water partition coefficient (Wildman–Crippen LogP) is 1.92. The number of nitrogens with one attached hydrogen (secondary N) is 2. The van der Waals surface area contributed by atoms with Crippen molar-refractivity contribution in [2.75, 3.05) is 13.1 Å². The van der Waals surface area contributed by atoms with Crippen molar-refractivity contribution in [3.05, 3.63) is 28.8 Å². The van der Waals surface area contributed by atoms with Crippen molar-refractivity contribution in [2.24, 2.45) is 0 Å². The molecule has 1 rings (SSSR count). The average Bonchev–Trinajstić information content (AvgIpc) is 2.30. The van der Waals surface area contributed by atoms with Crippen molar-refractivity contribution in [2.45, 2.75) is 31.7 Å². The second-order valence-electron chi connectivity index (χ2n) is 4.24. The maximum absolute atomic E-state index is 12.1. The zero-order valence-corrected chi connectivity index (χ0v) is 12.4. The summed E-state index contributed by atoms with van der Waals surface area (Å²) < 4.78 is 26.7. The van der Waals surface area contributed by atoms with E-state index < -0.39 is 10.0 Å². The third-order valence-corrected chi connectivity index (χ3v) is 4.41. The molecule has 0 aliphatic rings. The largest absolute Gasteiger partial charge is 0.313 e. The minimum atomic E-state index is -3.55. The topological polar surface area (TPSA) is 58.2 Å². The quantitative estimate of drug-likeness (QED) is 0.842. The fourth-order valence-electron chi connectivity index (χ4n) is 1.55. The van der Waals surface area contributed by atoms with Crippen LogP contribution in [-0.2, 0) is 10.0 Å². The van der Waals surface area contributed by atoms with Gasteiger partial charge in [0.15, 0.2) is 0 Å². The fraction of sp³-hybridized carbons (Fsp3) is 0.500. The standard InChI is InChI=1S/C12H19ClN2O2S/c1-4-14-10(3)8-15-18(16,17)12-7-9(2)5-6-11(12)13/h5-7,10,14-15H,4,8H2,1-3H3/t10-/m1/s1. The van der Waals surface area contributed by atoms with E-state index >= 15 is 0 Å². The molecule has 0 aliphatic carbocycles. The zero-order chi connectivity index (χ0) is 13.8. The summed E-state index contributed by atoms with van der Waals surface area (Å²) in [5.41, 5.74) is 0.861. The summed E-state index contributed by atoms with van der Waals surface area (Å²) >= 11 is 5.92. The van der Waals surface area contributed by atoms with E-state index in [0.717, 1.165) is 12.1 Å². The van der Waals surface area contributed by atoms with Crippen LogP contribution >= 0.6 is 11.6 Å². The maximum Gasteiger partial charge on any atom is 0.242 e. The summed E-state index contributed by atoms with van der Waals surface area (Å²) in [7, 11) is -3.55. The molecule has 18 heavy (non-hydrogen) atoms. The van der Waals surface area contributed by atoms with Crippen molar-refractivity contribution in [1.82, 2.24) is 10.0 Å². The lowest BCUT2D eigenvalue weighted by molar-refractivity contribution is 0.536. The molecule has 102 valence electrons. The lowest BCUT2D eigenvalue weighted by Crippen LogP contribution is -2.38. The van der Waals surface area contributed by atoms with Gasteiger partial charge in [-0.25, -0.2) is 13.1 Å². The number of halogens is 1. The van der Waals surface area contributed by atoms with Gasteiger partial charge in [0.2, 0.25) is 10.0 Å². The van der Waals surface area contributed by atoms with Crippen LogP contribution in [0.3, 0.4) is 0 Å². The molecule has 0 fully saturated rings. The predicted molar refractivity (Wildman–Crippen MR) is 74.5 cm³/mol. The Hall–Kier alpha value is -0.620. The van der Waals surface area contributed by atoms with Gasteiger partial charge in [0.25, 0.3) is 0 Å². The molecule has 4 nitrogen and oxygen atoms in total. The van der Waals surface area contributed by atoms with E-state index in [2.05, 4.69) is 10.0 Å². The van der Waals surface area contributed by atoms with Crippen LogP contribution in [0, 0.1) is 6.92 Å². The normalized spacial score (nSPS) is 13.6. The molecule has 6 heteroatoms. The molecule has 2 N–H and O–H groups in total. The van der Waals surface area contributed by atoms with Gasteiger partial charge < -0.3 is 5.32 Å². The van der Waals surface area contributed by atoms with Gasteiger partial charge in [-0.1, -0.05) is 24.6 Å². The molecule has 0 radical (unpaired) electrons. The van der Waals surface area contributed by atoms with Crippen molar-refractivity contribution < 1.29 is 8.42 Å². The summed E-state index contributed by atoms with van der Waals surface area (Å²) in [5, 5.41) is 3.38. The summed E-state index contributed by atoms with van der Waals surface area (Å²) in [4.78, 5) is 0.132. The van der Waals surface area contributed by atoms with Crippen LogP contribution in [0.4, 0.5) is 0 Å². The Morgan fingerprint density at radius 3 is 2.67 bits per heavy atom. The second-order valence-corrected chi connectivity index (χ2v) is 6.39. The van der Waals surface area contributed by atoms with Gasteiger partial charge in [-0.2, -0.15) is 0 Å². The number of benzene rings is 1. The van der Waals surface area contributed by atoms with Crippen LogP contribution in [0.2, 0.25) is 5.02 Å². The molecule has 1 aromatic carbocycles. The molecule has 0 aliphatic heterocycles. The molecule has 1 aromatic rings. The van der Waals surface area contributed by atoms with Gasteiger partial charge in [-0.05, 0) is 38.1 Å². The minimum absolute atomic E-state index is 0.0772. The molecule has 0 amide bonds. The van der Waals surface area contributed by atoms with Crippen molar-refractivity contribution in [3.8, 4) is 0 Å². The molecule has 0 spiro atoms. The molecule has 0 aromatic heterocycles. The van der Waals surface area contributed by atoms with Gasteiger partial charge >= 0.3 is 0 Å². The Kier molecular flexibility index (Phi) is 5.59.